The van der Waals surface area contributed by atoms with Crippen molar-refractivity contribution in [1.82, 2.24) is 15.6 Å². The van der Waals surface area contributed by atoms with Gasteiger partial charge in [-0.05, 0) is 25.1 Å². The molecule has 0 saturated carbocycles. The standard InChI is InChI=1S/C20H21ClF3N5O4/c1-11(26-17(31)16(30)20(22,23)24)10-29-6-4-19(5-7-29)15(27-28-18(32)33-19)13-8-12(9-25)2-3-14(13)21/h2-3,8,11,16,30H,4-7,10H2,1H3,(H,26,31)(H,28,32)/t11-,16-/m0/s1. The maximum absolute atomic E-state index is 12.5. The van der Waals surface area contributed by atoms with Crippen LogP contribution in [0.25, 0.3) is 0 Å². The minimum atomic E-state index is -5.04. The van der Waals surface area contributed by atoms with E-state index in [9.17, 15) is 28.0 Å². The quantitative estimate of drug-likeness (QED) is 0.582. The largest absolute Gasteiger partial charge is 0.435 e. The Bertz CT molecular complexity index is 1000. The second-order valence-corrected chi connectivity index (χ2v) is 8.32. The molecule has 1 aromatic rings. The molecule has 0 aromatic heterocycles. The second-order valence-electron chi connectivity index (χ2n) is 7.92. The lowest BCUT2D eigenvalue weighted by atomic mass is 9.82. The predicted octanol–water partition coefficient (Wildman–Crippen LogP) is 1.92. The highest BCUT2D eigenvalue weighted by Gasteiger charge is 2.47. The number of amides is 2. The van der Waals surface area contributed by atoms with E-state index in [1.54, 1.807) is 18.2 Å². The molecule has 2 amide bonds. The molecule has 33 heavy (non-hydrogen) atoms. The van der Waals surface area contributed by atoms with E-state index in [4.69, 9.17) is 21.4 Å². The Labute approximate surface area is 192 Å². The molecular weight excluding hydrogens is 467 g/mol. The number of ether oxygens (including phenoxy) is 1. The third-order valence-electron chi connectivity index (χ3n) is 5.47. The van der Waals surface area contributed by atoms with Crippen molar-refractivity contribution in [3.63, 3.8) is 0 Å². The molecule has 0 radical (unpaired) electrons. The average molecular weight is 488 g/mol. The highest BCUT2D eigenvalue weighted by molar-refractivity contribution is 6.35. The van der Waals surface area contributed by atoms with E-state index < -0.39 is 35.9 Å². The number of piperidine rings is 1. The lowest BCUT2D eigenvalue weighted by Crippen LogP contribution is -2.58. The first-order valence-corrected chi connectivity index (χ1v) is 10.4. The van der Waals surface area contributed by atoms with Crippen LogP contribution in [0.5, 0.6) is 0 Å². The summed E-state index contributed by atoms with van der Waals surface area (Å²) in [7, 11) is 0. The third-order valence-corrected chi connectivity index (χ3v) is 5.80. The highest BCUT2D eigenvalue weighted by Crippen LogP contribution is 2.35. The third kappa shape index (κ3) is 5.55. The molecule has 1 fully saturated rings. The van der Waals surface area contributed by atoms with Crippen molar-refractivity contribution in [2.45, 2.75) is 43.7 Å². The first-order chi connectivity index (χ1) is 15.4. The van der Waals surface area contributed by atoms with Crippen molar-refractivity contribution >= 4 is 29.3 Å². The summed E-state index contributed by atoms with van der Waals surface area (Å²) < 4.78 is 43.1. The van der Waals surface area contributed by atoms with E-state index in [0.717, 1.165) is 0 Å². The van der Waals surface area contributed by atoms with Crippen molar-refractivity contribution in [2.24, 2.45) is 5.10 Å². The van der Waals surface area contributed by atoms with Crippen molar-refractivity contribution in [1.29, 1.82) is 5.26 Å². The van der Waals surface area contributed by atoms with Crippen molar-refractivity contribution < 1.29 is 32.6 Å². The first-order valence-electron chi connectivity index (χ1n) is 10.00. The predicted molar refractivity (Wildman–Crippen MR) is 110 cm³/mol. The molecule has 2 atom stereocenters. The molecule has 2 heterocycles. The molecule has 0 bridgehead atoms. The number of aliphatic hydroxyl groups is 1. The normalized spacial score (nSPS) is 20.2. The fraction of sp³-hybridized carbons (Fsp3) is 0.500. The van der Waals surface area contributed by atoms with E-state index >= 15 is 0 Å². The van der Waals surface area contributed by atoms with Crippen molar-refractivity contribution in [3.05, 3.63) is 34.3 Å². The van der Waals surface area contributed by atoms with Gasteiger partial charge in [0.2, 0.25) is 6.10 Å². The van der Waals surface area contributed by atoms with Crippen LogP contribution in [0, 0.1) is 11.3 Å². The van der Waals surface area contributed by atoms with Crippen LogP contribution in [0.15, 0.2) is 23.3 Å². The van der Waals surface area contributed by atoms with Gasteiger partial charge in [-0.25, -0.2) is 10.2 Å². The van der Waals surface area contributed by atoms with Crippen molar-refractivity contribution in [2.75, 3.05) is 19.6 Å². The van der Waals surface area contributed by atoms with Crippen LogP contribution in [0.4, 0.5) is 18.0 Å². The first kappa shape index (κ1) is 24.8. The van der Waals surface area contributed by atoms with Gasteiger partial charge in [0.1, 0.15) is 5.71 Å². The van der Waals surface area contributed by atoms with Crippen LogP contribution in [0.1, 0.15) is 30.9 Å². The average Bonchev–Trinajstić information content (AvgIpc) is 2.75. The maximum atomic E-state index is 12.5. The summed E-state index contributed by atoms with van der Waals surface area (Å²) in [4.78, 5) is 25.4. The lowest BCUT2D eigenvalue weighted by Gasteiger charge is -2.43. The van der Waals surface area contributed by atoms with E-state index in [-0.39, 0.29) is 6.54 Å². The molecule has 3 N–H and O–H groups in total. The van der Waals surface area contributed by atoms with E-state index in [0.29, 0.717) is 47.8 Å². The molecule has 1 spiro atoms. The molecule has 1 saturated heterocycles. The van der Waals surface area contributed by atoms with Gasteiger partial charge in [-0.3, -0.25) is 4.79 Å². The number of aliphatic hydroxyl groups excluding tert-OH is 1. The molecule has 0 aliphatic carbocycles. The van der Waals surface area contributed by atoms with Gasteiger partial charge in [0.05, 0.1) is 11.6 Å². The Kier molecular flexibility index (Phi) is 7.16. The minimum absolute atomic E-state index is 0.218. The van der Waals surface area contributed by atoms with E-state index in [1.165, 1.54) is 6.92 Å². The number of alkyl halides is 3. The Hall–Kier alpha value is -2.88. The zero-order chi connectivity index (χ0) is 24.4. The van der Waals surface area contributed by atoms with E-state index in [1.807, 2.05) is 11.0 Å². The van der Waals surface area contributed by atoms with Crippen LogP contribution >= 0.6 is 11.6 Å². The number of hydrogen-bond donors (Lipinski definition) is 3. The number of hydrogen-bond acceptors (Lipinski definition) is 7. The molecule has 13 heteroatoms. The maximum Gasteiger partial charge on any atom is 0.428 e. The summed E-state index contributed by atoms with van der Waals surface area (Å²) in [5.41, 5.74) is 2.34. The topological polar surface area (TPSA) is 127 Å². The summed E-state index contributed by atoms with van der Waals surface area (Å²) >= 11 is 6.32. The Morgan fingerprint density at radius 3 is 2.73 bits per heavy atom. The fourth-order valence-electron chi connectivity index (χ4n) is 3.87. The molecule has 1 aromatic carbocycles. The van der Waals surface area contributed by atoms with Crippen molar-refractivity contribution in [3.8, 4) is 6.07 Å². The van der Waals surface area contributed by atoms with Gasteiger partial charge in [0, 0.05) is 49.1 Å². The van der Waals surface area contributed by atoms with Gasteiger partial charge in [-0.2, -0.15) is 23.5 Å². The minimum Gasteiger partial charge on any atom is -0.435 e. The van der Waals surface area contributed by atoms with Crippen LogP contribution in [-0.4, -0.2) is 71.3 Å². The van der Waals surface area contributed by atoms with Gasteiger partial charge in [0.25, 0.3) is 5.91 Å². The number of carbonyl (C=O) groups is 2. The zero-order valence-corrected chi connectivity index (χ0v) is 18.2. The molecule has 3 rings (SSSR count). The SMILES string of the molecule is C[C@@H](CN1CCC2(CC1)OC(=O)NN=C2c1cc(C#N)ccc1Cl)NC(=O)[C@H](O)C(F)(F)F. The number of nitrogens with zero attached hydrogens (tertiary/aromatic N) is 3. The van der Waals surface area contributed by atoms with Gasteiger partial charge in [-0.1, -0.05) is 11.6 Å². The van der Waals surface area contributed by atoms with Gasteiger partial charge in [-0.15, -0.1) is 0 Å². The molecular formula is C20H21ClF3N5O4. The molecule has 0 unspecified atom stereocenters. The number of benzene rings is 1. The Balaban J connectivity index is 1.69. The Morgan fingerprint density at radius 1 is 1.45 bits per heavy atom. The number of hydrazone groups is 1. The van der Waals surface area contributed by atoms with E-state index in [2.05, 4.69) is 15.8 Å². The fourth-order valence-corrected chi connectivity index (χ4v) is 4.08. The van der Waals surface area contributed by atoms with Crippen LogP contribution in [-0.2, 0) is 9.53 Å². The molecule has 2 aliphatic rings. The lowest BCUT2D eigenvalue weighted by molar-refractivity contribution is -0.205. The molecule has 2 aliphatic heterocycles. The summed E-state index contributed by atoms with van der Waals surface area (Å²) in [6.07, 6.45) is -8.26. The molecule has 9 nitrogen and oxygen atoms in total. The number of nitrogens with one attached hydrogen (secondary N) is 2. The monoisotopic (exact) mass is 487 g/mol. The van der Waals surface area contributed by atoms with Gasteiger partial charge in [0.15, 0.2) is 5.60 Å². The van der Waals surface area contributed by atoms with Crippen LogP contribution < -0.4 is 10.7 Å². The number of halogens is 4. The second kappa shape index (κ2) is 9.54. The summed E-state index contributed by atoms with van der Waals surface area (Å²) in [6.45, 7) is 2.50. The molecule has 178 valence electrons. The summed E-state index contributed by atoms with van der Waals surface area (Å²) in [6, 6.07) is 6.01. The number of nitriles is 1. The zero-order valence-electron chi connectivity index (χ0n) is 17.4. The number of likely N-dealkylation sites (tertiary alicyclic amines) is 1. The summed E-state index contributed by atoms with van der Waals surface area (Å²) in [5.74, 6) is -1.52. The smallest absolute Gasteiger partial charge is 0.428 e. The Morgan fingerprint density at radius 2 is 2.12 bits per heavy atom. The van der Waals surface area contributed by atoms with Gasteiger partial charge >= 0.3 is 12.3 Å². The van der Waals surface area contributed by atoms with Crippen LogP contribution in [0.2, 0.25) is 5.02 Å². The number of rotatable bonds is 5. The highest BCUT2D eigenvalue weighted by atomic mass is 35.5. The summed E-state index contributed by atoms with van der Waals surface area (Å²) in [5, 5.41) is 24.9. The number of carbonyl (C=O) groups excluding carboxylic acids is 2. The van der Waals surface area contributed by atoms with Gasteiger partial charge < -0.3 is 20.1 Å². The van der Waals surface area contributed by atoms with Crippen LogP contribution in [0.3, 0.4) is 0 Å².